The molecule has 0 aliphatic carbocycles. The molecule has 17 heavy (non-hydrogen) atoms. The van der Waals surface area contributed by atoms with Gasteiger partial charge in [-0.25, -0.2) is 0 Å². The van der Waals surface area contributed by atoms with Gasteiger partial charge >= 0.3 is 0 Å². The highest BCUT2D eigenvalue weighted by molar-refractivity contribution is 5.49. The molecule has 0 fully saturated rings. The summed E-state index contributed by atoms with van der Waals surface area (Å²) in [5.41, 5.74) is 3.90. The molecule has 86 valence electrons. The topological polar surface area (TPSA) is 21.3 Å². The molecule has 1 aliphatic heterocycles. The second-order valence-electron chi connectivity index (χ2n) is 4.26. The lowest BCUT2D eigenvalue weighted by atomic mass is 9.97. The van der Waals surface area contributed by atoms with Crippen molar-refractivity contribution in [2.24, 2.45) is 0 Å². The highest BCUT2D eigenvalue weighted by Gasteiger charge is 2.26. The lowest BCUT2D eigenvalue weighted by molar-refractivity contribution is 0.407. The van der Waals surface area contributed by atoms with Crippen LogP contribution in [0.25, 0.3) is 0 Å². The first-order chi connectivity index (χ1) is 8.40. The molecule has 1 heterocycles. The SMILES string of the molecule is COc1cccc2c1C(c1ccccc1)NC2. The number of benzene rings is 2. The van der Waals surface area contributed by atoms with Crippen LogP contribution in [0.1, 0.15) is 22.7 Å². The maximum Gasteiger partial charge on any atom is 0.124 e. The fourth-order valence-electron chi connectivity index (χ4n) is 2.49. The minimum Gasteiger partial charge on any atom is -0.496 e. The van der Waals surface area contributed by atoms with Gasteiger partial charge in [-0.1, -0.05) is 42.5 Å². The van der Waals surface area contributed by atoms with E-state index in [0.717, 1.165) is 12.3 Å². The van der Waals surface area contributed by atoms with E-state index < -0.39 is 0 Å². The Kier molecular flexibility index (Phi) is 2.57. The molecule has 2 aromatic rings. The van der Waals surface area contributed by atoms with Crippen molar-refractivity contribution in [3.8, 4) is 5.75 Å². The number of ether oxygens (including phenoxy) is 1. The van der Waals surface area contributed by atoms with Crippen LogP contribution in [0.3, 0.4) is 0 Å². The van der Waals surface area contributed by atoms with E-state index in [1.165, 1.54) is 16.7 Å². The van der Waals surface area contributed by atoms with E-state index in [0.29, 0.717) is 0 Å². The molecule has 1 unspecified atom stereocenters. The Morgan fingerprint density at radius 3 is 2.65 bits per heavy atom. The molecule has 2 heteroatoms. The van der Waals surface area contributed by atoms with Crippen LogP contribution in [0.5, 0.6) is 5.75 Å². The maximum atomic E-state index is 5.47. The molecule has 1 aliphatic rings. The molecule has 0 aromatic heterocycles. The third-order valence-electron chi connectivity index (χ3n) is 3.29. The lowest BCUT2D eigenvalue weighted by Gasteiger charge is -2.15. The smallest absolute Gasteiger partial charge is 0.124 e. The number of fused-ring (bicyclic) bond motifs is 1. The zero-order valence-electron chi connectivity index (χ0n) is 9.81. The van der Waals surface area contributed by atoms with Crippen molar-refractivity contribution in [1.82, 2.24) is 5.32 Å². The van der Waals surface area contributed by atoms with Crippen molar-refractivity contribution in [2.45, 2.75) is 12.6 Å². The summed E-state index contributed by atoms with van der Waals surface area (Å²) in [5.74, 6) is 0.973. The fraction of sp³-hybridized carbons (Fsp3) is 0.200. The predicted molar refractivity (Wildman–Crippen MR) is 68.1 cm³/mol. The third kappa shape index (κ3) is 1.71. The largest absolute Gasteiger partial charge is 0.496 e. The highest BCUT2D eigenvalue weighted by atomic mass is 16.5. The normalized spacial score (nSPS) is 17.8. The van der Waals surface area contributed by atoms with Gasteiger partial charge < -0.3 is 10.1 Å². The van der Waals surface area contributed by atoms with Crippen molar-refractivity contribution in [3.63, 3.8) is 0 Å². The Hall–Kier alpha value is -1.80. The first-order valence-electron chi connectivity index (χ1n) is 5.84. The average Bonchev–Trinajstić information content (AvgIpc) is 2.83. The van der Waals surface area contributed by atoms with E-state index in [4.69, 9.17) is 4.74 Å². The molecule has 0 amide bonds. The van der Waals surface area contributed by atoms with E-state index in [2.05, 4.69) is 35.6 Å². The number of rotatable bonds is 2. The van der Waals surface area contributed by atoms with Gasteiger partial charge in [-0.05, 0) is 17.2 Å². The molecule has 0 saturated heterocycles. The molecular weight excluding hydrogens is 210 g/mol. The second-order valence-corrected chi connectivity index (χ2v) is 4.26. The van der Waals surface area contributed by atoms with Gasteiger partial charge in [0.05, 0.1) is 13.2 Å². The molecular formula is C15H15NO. The predicted octanol–water partition coefficient (Wildman–Crippen LogP) is 2.89. The quantitative estimate of drug-likeness (QED) is 0.848. The van der Waals surface area contributed by atoms with Gasteiger partial charge in [0.1, 0.15) is 5.75 Å². The van der Waals surface area contributed by atoms with Crippen LogP contribution in [-0.2, 0) is 6.54 Å². The molecule has 0 spiro atoms. The highest BCUT2D eigenvalue weighted by Crippen LogP contribution is 2.37. The van der Waals surface area contributed by atoms with Crippen LogP contribution in [-0.4, -0.2) is 7.11 Å². The third-order valence-corrected chi connectivity index (χ3v) is 3.29. The van der Waals surface area contributed by atoms with Gasteiger partial charge in [0.2, 0.25) is 0 Å². The van der Waals surface area contributed by atoms with Gasteiger partial charge in [0, 0.05) is 12.1 Å². The average molecular weight is 225 g/mol. The Morgan fingerprint density at radius 1 is 1.06 bits per heavy atom. The summed E-state index contributed by atoms with van der Waals surface area (Å²) in [6, 6.07) is 17.0. The molecule has 1 atom stereocenters. The fourth-order valence-corrected chi connectivity index (χ4v) is 2.49. The van der Waals surface area contributed by atoms with Gasteiger partial charge in [-0.15, -0.1) is 0 Å². The molecule has 1 N–H and O–H groups in total. The van der Waals surface area contributed by atoms with E-state index in [-0.39, 0.29) is 6.04 Å². The van der Waals surface area contributed by atoms with E-state index in [1.54, 1.807) is 7.11 Å². The number of nitrogens with one attached hydrogen (secondary N) is 1. The number of hydrogen-bond donors (Lipinski definition) is 1. The summed E-state index contributed by atoms with van der Waals surface area (Å²) in [5, 5.41) is 3.53. The molecule has 2 nitrogen and oxygen atoms in total. The zero-order valence-corrected chi connectivity index (χ0v) is 9.81. The van der Waals surface area contributed by atoms with Gasteiger partial charge in [0.25, 0.3) is 0 Å². The van der Waals surface area contributed by atoms with Gasteiger partial charge in [0.15, 0.2) is 0 Å². The lowest BCUT2D eigenvalue weighted by Crippen LogP contribution is -2.13. The van der Waals surface area contributed by atoms with E-state index in [9.17, 15) is 0 Å². The Morgan fingerprint density at radius 2 is 1.88 bits per heavy atom. The summed E-state index contributed by atoms with van der Waals surface area (Å²) in [6.45, 7) is 0.909. The minimum atomic E-state index is 0.252. The summed E-state index contributed by atoms with van der Waals surface area (Å²) >= 11 is 0. The van der Waals surface area contributed by atoms with Crippen LogP contribution in [0.4, 0.5) is 0 Å². The van der Waals surface area contributed by atoms with Crippen molar-refractivity contribution >= 4 is 0 Å². The minimum absolute atomic E-state index is 0.252. The Bertz CT molecular complexity index is 522. The van der Waals surface area contributed by atoms with Gasteiger partial charge in [-0.2, -0.15) is 0 Å². The summed E-state index contributed by atoms with van der Waals surface area (Å²) in [6.07, 6.45) is 0. The molecule has 0 radical (unpaired) electrons. The molecule has 3 rings (SSSR count). The van der Waals surface area contributed by atoms with Crippen LogP contribution >= 0.6 is 0 Å². The van der Waals surface area contributed by atoms with Crippen molar-refractivity contribution in [2.75, 3.05) is 7.11 Å². The number of hydrogen-bond acceptors (Lipinski definition) is 2. The summed E-state index contributed by atoms with van der Waals surface area (Å²) in [4.78, 5) is 0. The molecule has 2 aromatic carbocycles. The monoisotopic (exact) mass is 225 g/mol. The second kappa shape index (κ2) is 4.22. The van der Waals surface area contributed by atoms with Crippen LogP contribution in [0.2, 0.25) is 0 Å². The van der Waals surface area contributed by atoms with Crippen molar-refractivity contribution in [3.05, 3.63) is 65.2 Å². The zero-order chi connectivity index (χ0) is 11.7. The van der Waals surface area contributed by atoms with Crippen molar-refractivity contribution in [1.29, 1.82) is 0 Å². The number of methoxy groups -OCH3 is 1. The van der Waals surface area contributed by atoms with Crippen LogP contribution in [0.15, 0.2) is 48.5 Å². The summed E-state index contributed by atoms with van der Waals surface area (Å²) < 4.78 is 5.47. The standard InChI is InChI=1S/C15H15NO/c1-17-13-9-5-8-12-10-16-15(14(12)13)11-6-3-2-4-7-11/h2-9,15-16H,10H2,1H3. The van der Waals surface area contributed by atoms with Crippen LogP contribution < -0.4 is 10.1 Å². The first-order valence-corrected chi connectivity index (χ1v) is 5.84. The van der Waals surface area contributed by atoms with Crippen LogP contribution in [0, 0.1) is 0 Å². The molecule has 0 saturated carbocycles. The van der Waals surface area contributed by atoms with E-state index >= 15 is 0 Å². The summed E-state index contributed by atoms with van der Waals surface area (Å²) in [7, 11) is 1.73. The maximum absolute atomic E-state index is 5.47. The van der Waals surface area contributed by atoms with Gasteiger partial charge in [-0.3, -0.25) is 0 Å². The Balaban J connectivity index is 2.09. The van der Waals surface area contributed by atoms with E-state index in [1.807, 2.05) is 18.2 Å². The molecule has 0 bridgehead atoms. The first kappa shape index (κ1) is 10.4. The Labute approximate surface area is 101 Å². The van der Waals surface area contributed by atoms with Crippen molar-refractivity contribution < 1.29 is 4.74 Å².